The summed E-state index contributed by atoms with van der Waals surface area (Å²) in [6.45, 7) is 0. The van der Waals surface area contributed by atoms with Gasteiger partial charge in [-0.25, -0.2) is 0 Å². The Morgan fingerprint density at radius 3 is 1.97 bits per heavy atom. The highest BCUT2D eigenvalue weighted by molar-refractivity contribution is 7.86. The maximum Gasteiger partial charge on any atom is 0.296 e. The number of aromatic hydroxyl groups is 1. The zero-order valence-corrected chi connectivity index (χ0v) is 20.5. The fourth-order valence-corrected chi connectivity index (χ4v) is 4.77. The average Bonchev–Trinajstić information content (AvgIpc) is 2.77. The van der Waals surface area contributed by atoms with Crippen LogP contribution < -0.4 is 5.32 Å². The fourth-order valence-electron chi connectivity index (χ4n) is 3.08. The van der Waals surface area contributed by atoms with E-state index >= 15 is 0 Å². The van der Waals surface area contributed by atoms with Gasteiger partial charge in [0.2, 0.25) is 16.5 Å². The van der Waals surface area contributed by atoms with Gasteiger partial charge in [-0.3, -0.25) is 9.11 Å². The summed E-state index contributed by atoms with van der Waals surface area (Å²) < 4.78 is 67.6. The van der Waals surface area contributed by atoms with Crippen molar-refractivity contribution in [3.05, 3.63) is 59.1 Å². The molecule has 4 N–H and O–H groups in total. The lowest BCUT2D eigenvalue weighted by molar-refractivity contribution is 0.472. The zero-order chi connectivity index (χ0) is 26.3. The largest absolute Gasteiger partial charge is 0.505 e. The molecule has 13 nitrogen and oxygen atoms in total. The SMILES string of the molecule is O=S(=O)(O)c1cc2cc(S(=O)(=O)O)c(N=Nc3ccccc3)c(O)c2cc1Nc1nc(Cl)nc(Cl)n1. The number of fused-ring (bicyclic) bond motifs is 1. The lowest BCUT2D eigenvalue weighted by Gasteiger charge is -2.14. The smallest absolute Gasteiger partial charge is 0.296 e. The Morgan fingerprint density at radius 1 is 0.806 bits per heavy atom. The van der Waals surface area contributed by atoms with E-state index in [-0.39, 0.29) is 33.0 Å². The molecule has 0 aliphatic heterocycles. The second-order valence-electron chi connectivity index (χ2n) is 6.95. The number of aromatic nitrogens is 3. The maximum atomic E-state index is 12.1. The number of nitrogens with one attached hydrogen (secondary N) is 1. The Morgan fingerprint density at radius 2 is 1.39 bits per heavy atom. The van der Waals surface area contributed by atoms with Gasteiger partial charge in [-0.1, -0.05) is 18.2 Å². The van der Waals surface area contributed by atoms with Crippen LogP contribution in [-0.4, -0.2) is 46.0 Å². The summed E-state index contributed by atoms with van der Waals surface area (Å²) >= 11 is 11.5. The van der Waals surface area contributed by atoms with Crippen molar-refractivity contribution >= 4 is 77.2 Å². The standard InChI is InChI=1S/C19H12Cl2N6O7S2/c20-17-23-18(21)25-19(24-17)22-12-8-11-9(6-13(12)35(29,30)31)7-14(36(32,33)34)15(16(11)28)27-26-10-4-2-1-3-5-10/h1-8,28H,(H,29,30,31)(H,32,33,34)(H,22,23,24,25). The number of anilines is 2. The van der Waals surface area contributed by atoms with E-state index in [0.29, 0.717) is 5.69 Å². The number of phenols is 1. The molecule has 4 rings (SSSR count). The Bertz CT molecular complexity index is 1730. The normalized spacial score (nSPS) is 12.3. The van der Waals surface area contributed by atoms with Crippen LogP contribution >= 0.6 is 23.2 Å². The first-order valence-corrected chi connectivity index (χ1v) is 13.1. The summed E-state index contributed by atoms with van der Waals surface area (Å²) in [4.78, 5) is 9.44. The molecule has 0 unspecified atom stereocenters. The van der Waals surface area contributed by atoms with Crippen LogP contribution in [0.2, 0.25) is 10.6 Å². The summed E-state index contributed by atoms with van der Waals surface area (Å²) in [6.07, 6.45) is 0. The van der Waals surface area contributed by atoms with Crippen LogP contribution in [0.25, 0.3) is 10.8 Å². The number of nitrogens with zero attached hydrogens (tertiary/aromatic N) is 5. The summed E-state index contributed by atoms with van der Waals surface area (Å²) in [5.41, 5.74) is -0.652. The summed E-state index contributed by atoms with van der Waals surface area (Å²) in [6, 6.07) is 10.9. The van der Waals surface area contributed by atoms with Gasteiger partial charge >= 0.3 is 0 Å². The van der Waals surface area contributed by atoms with Crippen molar-refractivity contribution in [1.29, 1.82) is 0 Å². The van der Waals surface area contributed by atoms with E-state index in [1.54, 1.807) is 30.3 Å². The van der Waals surface area contributed by atoms with Gasteiger partial charge in [-0.05, 0) is 58.9 Å². The topological polar surface area (TPSA) is 204 Å². The summed E-state index contributed by atoms with van der Waals surface area (Å²) in [7, 11) is -9.88. The molecule has 0 radical (unpaired) electrons. The summed E-state index contributed by atoms with van der Waals surface area (Å²) in [5, 5.41) is 20.1. The molecule has 1 aromatic heterocycles. The van der Waals surface area contributed by atoms with Crippen molar-refractivity contribution in [1.82, 2.24) is 15.0 Å². The van der Waals surface area contributed by atoms with E-state index in [9.17, 15) is 31.0 Å². The van der Waals surface area contributed by atoms with E-state index in [4.69, 9.17) is 23.2 Å². The van der Waals surface area contributed by atoms with Crippen LogP contribution in [0.1, 0.15) is 0 Å². The van der Waals surface area contributed by atoms with E-state index in [2.05, 4.69) is 30.5 Å². The third-order valence-electron chi connectivity index (χ3n) is 4.56. The Hall–Kier alpha value is -3.47. The van der Waals surface area contributed by atoms with Crippen LogP contribution in [0, 0.1) is 0 Å². The first-order chi connectivity index (χ1) is 16.8. The van der Waals surface area contributed by atoms with Crippen molar-refractivity contribution in [2.75, 3.05) is 5.32 Å². The van der Waals surface area contributed by atoms with Gasteiger partial charge in [0.05, 0.1) is 11.4 Å². The van der Waals surface area contributed by atoms with Gasteiger partial charge < -0.3 is 10.4 Å². The minimum absolute atomic E-state index is 0.134. The Balaban J connectivity index is 1.99. The first kappa shape index (κ1) is 25.6. The minimum Gasteiger partial charge on any atom is -0.505 e. The highest BCUT2D eigenvalue weighted by Gasteiger charge is 2.25. The van der Waals surface area contributed by atoms with Crippen molar-refractivity contribution in [3.63, 3.8) is 0 Å². The lowest BCUT2D eigenvalue weighted by atomic mass is 10.1. The Labute approximate surface area is 213 Å². The first-order valence-electron chi connectivity index (χ1n) is 9.42. The van der Waals surface area contributed by atoms with E-state index in [1.165, 1.54) is 0 Å². The third kappa shape index (κ3) is 5.51. The number of hydrogen-bond donors (Lipinski definition) is 4. The number of rotatable bonds is 6. The molecule has 0 saturated carbocycles. The van der Waals surface area contributed by atoms with Crippen LogP contribution in [0.3, 0.4) is 0 Å². The molecule has 4 aromatic rings. The van der Waals surface area contributed by atoms with Gasteiger partial charge in [0, 0.05) is 5.39 Å². The molecule has 1 heterocycles. The number of hydrogen-bond acceptors (Lipinski definition) is 11. The van der Waals surface area contributed by atoms with Gasteiger partial charge in [-0.2, -0.15) is 36.9 Å². The lowest BCUT2D eigenvalue weighted by Crippen LogP contribution is -2.06. The van der Waals surface area contributed by atoms with Gasteiger partial charge in [0.25, 0.3) is 20.2 Å². The second kappa shape index (κ2) is 9.53. The van der Waals surface area contributed by atoms with Gasteiger partial charge in [-0.15, -0.1) is 5.11 Å². The molecule has 0 aliphatic rings. The third-order valence-corrected chi connectivity index (χ3v) is 6.65. The second-order valence-corrected chi connectivity index (χ2v) is 10.4. The van der Waals surface area contributed by atoms with Crippen LogP contribution in [-0.2, 0) is 20.2 Å². The number of azo groups is 1. The molecule has 0 saturated heterocycles. The van der Waals surface area contributed by atoms with Crippen molar-refractivity contribution < 1.29 is 31.0 Å². The fraction of sp³-hybridized carbons (Fsp3) is 0. The van der Waals surface area contributed by atoms with Crippen LogP contribution in [0.5, 0.6) is 5.75 Å². The van der Waals surface area contributed by atoms with Gasteiger partial charge in [0.15, 0.2) is 5.75 Å². The zero-order valence-electron chi connectivity index (χ0n) is 17.4. The Kier molecular flexibility index (Phi) is 6.78. The predicted octanol–water partition coefficient (Wildman–Crippen LogP) is 4.69. The number of benzene rings is 3. The van der Waals surface area contributed by atoms with Crippen molar-refractivity contribution in [2.24, 2.45) is 10.2 Å². The number of halogens is 2. The highest BCUT2D eigenvalue weighted by Crippen LogP contribution is 2.43. The molecule has 0 atom stereocenters. The molecule has 0 amide bonds. The van der Waals surface area contributed by atoms with E-state index in [1.807, 2.05) is 0 Å². The molecule has 17 heteroatoms. The van der Waals surface area contributed by atoms with Crippen LogP contribution in [0.15, 0.2) is 68.6 Å². The molecule has 0 fully saturated rings. The van der Waals surface area contributed by atoms with E-state index < -0.39 is 41.5 Å². The molecular weight excluding hydrogens is 559 g/mol. The van der Waals surface area contributed by atoms with Crippen molar-refractivity contribution in [2.45, 2.75) is 9.79 Å². The predicted molar refractivity (Wildman–Crippen MR) is 129 cm³/mol. The molecule has 3 aromatic carbocycles. The summed E-state index contributed by atoms with van der Waals surface area (Å²) in [5.74, 6) is -1.07. The van der Waals surface area contributed by atoms with Crippen molar-refractivity contribution in [3.8, 4) is 5.75 Å². The quantitative estimate of drug-likeness (QED) is 0.185. The molecule has 0 bridgehead atoms. The molecular formula is C19H12Cl2N6O7S2. The van der Waals surface area contributed by atoms with E-state index in [0.717, 1.165) is 18.2 Å². The molecule has 186 valence electrons. The average molecular weight is 571 g/mol. The van der Waals surface area contributed by atoms with Gasteiger partial charge in [0.1, 0.15) is 15.5 Å². The molecule has 0 aliphatic carbocycles. The van der Waals surface area contributed by atoms with Crippen LogP contribution in [0.4, 0.5) is 23.0 Å². The highest BCUT2D eigenvalue weighted by atomic mass is 35.5. The monoisotopic (exact) mass is 570 g/mol. The molecule has 0 spiro atoms. The maximum absolute atomic E-state index is 12.1. The molecule has 36 heavy (non-hydrogen) atoms. The number of phenolic OH excluding ortho intramolecular Hbond substituents is 1. The minimum atomic E-state index is -4.97.